The van der Waals surface area contributed by atoms with E-state index in [1.54, 1.807) is 0 Å². The third-order valence-corrected chi connectivity index (χ3v) is 11.3. The van der Waals surface area contributed by atoms with Gasteiger partial charge in [0.1, 0.15) is 16.7 Å². The lowest BCUT2D eigenvalue weighted by Crippen LogP contribution is -2.15. The summed E-state index contributed by atoms with van der Waals surface area (Å²) in [6.07, 6.45) is 0. The second-order valence-electron chi connectivity index (χ2n) is 14.8. The van der Waals surface area contributed by atoms with E-state index in [1.165, 1.54) is 38.6 Å². The van der Waals surface area contributed by atoms with Gasteiger partial charge in [-0.2, -0.15) is 0 Å². The molecule has 0 aliphatic heterocycles. The largest absolute Gasteiger partial charge is 0.456 e. The van der Waals surface area contributed by atoms with Gasteiger partial charge < -0.3 is 13.7 Å². The van der Waals surface area contributed by atoms with Crippen LogP contribution in [-0.4, -0.2) is 4.98 Å². The zero-order valence-corrected chi connectivity index (χ0v) is 29.9. The third kappa shape index (κ3) is 4.73. The highest BCUT2D eigenvalue weighted by Gasteiger charge is 2.35. The van der Waals surface area contributed by atoms with E-state index in [4.69, 9.17) is 13.8 Å². The third-order valence-electron chi connectivity index (χ3n) is 11.3. The summed E-state index contributed by atoms with van der Waals surface area (Å²) in [7, 11) is 0. The molecule has 0 radical (unpaired) electrons. The van der Waals surface area contributed by atoms with Crippen molar-refractivity contribution in [2.75, 3.05) is 4.90 Å². The molecule has 4 heteroatoms. The fourth-order valence-electron chi connectivity index (χ4n) is 8.52. The lowest BCUT2D eigenvalue weighted by molar-refractivity contribution is 0.620. The van der Waals surface area contributed by atoms with Gasteiger partial charge in [-0.25, -0.2) is 4.98 Å². The van der Waals surface area contributed by atoms with E-state index in [9.17, 15) is 0 Å². The Morgan fingerprint density at radius 2 is 1.15 bits per heavy atom. The normalized spacial score (nSPS) is 13.1. The molecule has 0 fully saturated rings. The Labute approximate surface area is 312 Å². The number of furan rings is 1. The van der Waals surface area contributed by atoms with Crippen LogP contribution in [0.25, 0.3) is 77.5 Å². The van der Waals surface area contributed by atoms with Crippen molar-refractivity contribution >= 4 is 60.9 Å². The molecular weight excluding hydrogens is 661 g/mol. The maximum Gasteiger partial charge on any atom is 0.227 e. The summed E-state index contributed by atoms with van der Waals surface area (Å²) in [5.74, 6) is 0.599. The van der Waals surface area contributed by atoms with Gasteiger partial charge >= 0.3 is 0 Å². The van der Waals surface area contributed by atoms with E-state index in [-0.39, 0.29) is 5.41 Å². The molecule has 256 valence electrons. The average molecular weight is 695 g/mol. The molecule has 0 amide bonds. The van der Waals surface area contributed by atoms with E-state index in [1.807, 2.05) is 36.4 Å². The summed E-state index contributed by atoms with van der Waals surface area (Å²) < 4.78 is 12.8. The van der Waals surface area contributed by atoms with E-state index in [0.717, 1.165) is 61.2 Å². The minimum absolute atomic E-state index is 0.0771. The number of hydrogen-bond donors (Lipinski definition) is 0. The number of fused-ring (bicyclic) bond motifs is 8. The van der Waals surface area contributed by atoms with Crippen LogP contribution in [0.3, 0.4) is 0 Å². The minimum atomic E-state index is -0.0771. The molecule has 0 saturated carbocycles. The molecule has 0 bridgehead atoms. The van der Waals surface area contributed by atoms with E-state index < -0.39 is 0 Å². The first-order valence-corrected chi connectivity index (χ1v) is 18.4. The minimum Gasteiger partial charge on any atom is -0.456 e. The van der Waals surface area contributed by atoms with Gasteiger partial charge in [0.2, 0.25) is 5.89 Å². The molecule has 1 aliphatic rings. The monoisotopic (exact) mass is 694 g/mol. The highest BCUT2D eigenvalue weighted by atomic mass is 16.4. The molecule has 8 aromatic carbocycles. The van der Waals surface area contributed by atoms with Gasteiger partial charge in [0.15, 0.2) is 5.58 Å². The van der Waals surface area contributed by atoms with E-state index >= 15 is 0 Å². The van der Waals surface area contributed by atoms with Crippen molar-refractivity contribution in [3.8, 4) is 33.7 Å². The molecule has 54 heavy (non-hydrogen) atoms. The second-order valence-corrected chi connectivity index (χ2v) is 14.8. The number of anilines is 3. The fraction of sp³-hybridized carbons (Fsp3) is 0.0600. The predicted molar refractivity (Wildman–Crippen MR) is 222 cm³/mol. The number of oxazole rings is 1. The molecule has 0 N–H and O–H groups in total. The molecule has 0 saturated heterocycles. The summed E-state index contributed by atoms with van der Waals surface area (Å²) in [4.78, 5) is 7.17. The molecule has 10 aromatic rings. The van der Waals surface area contributed by atoms with Crippen LogP contribution >= 0.6 is 0 Å². The van der Waals surface area contributed by atoms with Gasteiger partial charge in [-0.15, -0.1) is 0 Å². The van der Waals surface area contributed by atoms with Crippen molar-refractivity contribution in [1.29, 1.82) is 0 Å². The maximum atomic E-state index is 6.46. The molecule has 2 aromatic heterocycles. The standard InChI is InChI=1S/C50H34N2O2/c1-50(2)43-18-9-8-17-39(43)40-27-37(21-23-44(40)50)52(36-16-10-15-34(26-36)35-20-19-31-11-6-7-14-33(31)25-35)38-22-24-46-41(28-38)42-29-48-45(30-47(42)53-46)51-49(54-48)32-12-4-3-5-13-32/h3-30H,1-2H3. The van der Waals surface area contributed by atoms with Crippen LogP contribution in [-0.2, 0) is 5.41 Å². The van der Waals surface area contributed by atoms with Crippen molar-refractivity contribution in [2.24, 2.45) is 0 Å². The Morgan fingerprint density at radius 1 is 0.444 bits per heavy atom. The number of hydrogen-bond acceptors (Lipinski definition) is 4. The Balaban J connectivity index is 1.09. The van der Waals surface area contributed by atoms with Crippen LogP contribution in [0.2, 0.25) is 0 Å². The van der Waals surface area contributed by atoms with Crippen molar-refractivity contribution < 1.29 is 8.83 Å². The van der Waals surface area contributed by atoms with Gasteiger partial charge in [-0.05, 0) is 111 Å². The first kappa shape index (κ1) is 30.7. The molecule has 0 spiro atoms. The van der Waals surface area contributed by atoms with Crippen LogP contribution < -0.4 is 4.90 Å². The summed E-state index contributed by atoms with van der Waals surface area (Å²) in [6.45, 7) is 4.66. The molecule has 1 aliphatic carbocycles. The zero-order chi connectivity index (χ0) is 36.0. The van der Waals surface area contributed by atoms with Gasteiger partial charge in [0.05, 0.1) is 0 Å². The highest BCUT2D eigenvalue weighted by Crippen LogP contribution is 2.51. The smallest absolute Gasteiger partial charge is 0.227 e. The molecule has 2 heterocycles. The van der Waals surface area contributed by atoms with Gasteiger partial charge in [0.25, 0.3) is 0 Å². The van der Waals surface area contributed by atoms with Gasteiger partial charge in [0, 0.05) is 44.9 Å². The molecule has 4 nitrogen and oxygen atoms in total. The lowest BCUT2D eigenvalue weighted by atomic mass is 9.82. The van der Waals surface area contributed by atoms with Crippen molar-refractivity contribution in [3.63, 3.8) is 0 Å². The van der Waals surface area contributed by atoms with Crippen LogP contribution in [0.4, 0.5) is 17.1 Å². The summed E-state index contributed by atoms with van der Waals surface area (Å²) >= 11 is 0. The SMILES string of the molecule is CC1(C)c2ccccc2-c2cc(N(c3cccc(-c4ccc5ccccc5c4)c3)c3ccc4oc5cc6nc(-c7ccccc7)oc6cc5c4c3)ccc21. The number of nitrogens with zero attached hydrogens (tertiary/aromatic N) is 2. The topological polar surface area (TPSA) is 42.4 Å². The summed E-state index contributed by atoms with van der Waals surface area (Å²) in [6, 6.07) is 60.5. The van der Waals surface area contributed by atoms with E-state index in [0.29, 0.717) is 5.89 Å². The molecule has 11 rings (SSSR count). The second kappa shape index (κ2) is 11.5. The van der Waals surface area contributed by atoms with Gasteiger partial charge in [-0.1, -0.05) is 111 Å². The number of benzene rings is 8. The van der Waals surface area contributed by atoms with Gasteiger partial charge in [-0.3, -0.25) is 0 Å². The van der Waals surface area contributed by atoms with Crippen LogP contribution in [0.1, 0.15) is 25.0 Å². The first-order valence-electron chi connectivity index (χ1n) is 18.4. The van der Waals surface area contributed by atoms with E-state index in [2.05, 4.69) is 152 Å². The van der Waals surface area contributed by atoms with Crippen LogP contribution in [0.15, 0.2) is 179 Å². The first-order chi connectivity index (χ1) is 26.5. The zero-order valence-electron chi connectivity index (χ0n) is 29.9. The molecule has 0 unspecified atom stereocenters. The van der Waals surface area contributed by atoms with Crippen molar-refractivity contribution in [3.05, 3.63) is 181 Å². The lowest BCUT2D eigenvalue weighted by Gasteiger charge is -2.27. The van der Waals surface area contributed by atoms with Crippen LogP contribution in [0.5, 0.6) is 0 Å². The average Bonchev–Trinajstić information content (AvgIpc) is 3.87. The fourth-order valence-corrected chi connectivity index (χ4v) is 8.52. The Hall–Kier alpha value is -6.91. The summed E-state index contributed by atoms with van der Waals surface area (Å²) in [5.41, 5.74) is 14.8. The Morgan fingerprint density at radius 3 is 2.06 bits per heavy atom. The number of aromatic nitrogens is 1. The Kier molecular flexibility index (Phi) is 6.56. The van der Waals surface area contributed by atoms with Crippen molar-refractivity contribution in [1.82, 2.24) is 4.98 Å². The maximum absolute atomic E-state index is 6.46. The van der Waals surface area contributed by atoms with Crippen LogP contribution in [0, 0.1) is 0 Å². The quantitative estimate of drug-likeness (QED) is 0.180. The molecule has 0 atom stereocenters. The summed E-state index contributed by atoms with van der Waals surface area (Å²) in [5, 5.41) is 4.47. The molecular formula is C50H34N2O2. The predicted octanol–water partition coefficient (Wildman–Crippen LogP) is 14.0. The Bertz CT molecular complexity index is 3100. The highest BCUT2D eigenvalue weighted by molar-refractivity contribution is 6.10. The van der Waals surface area contributed by atoms with Crippen molar-refractivity contribution in [2.45, 2.75) is 19.3 Å². The number of rotatable bonds is 5.